The summed E-state index contributed by atoms with van der Waals surface area (Å²) in [5.41, 5.74) is 0.677. The first-order valence-electron chi connectivity index (χ1n) is 10.2. The van der Waals surface area contributed by atoms with Crippen LogP contribution in [-0.2, 0) is 0 Å². The topological polar surface area (TPSA) is 42.2 Å². The highest BCUT2D eigenvalue weighted by Crippen LogP contribution is 2.41. The van der Waals surface area contributed by atoms with E-state index in [-0.39, 0.29) is 0 Å². The Balaban J connectivity index is 1.38. The van der Waals surface area contributed by atoms with E-state index in [1.165, 1.54) is 30.6 Å². The SMILES string of the molecule is CN(C)C(c1cccs1)C1CCC(C=Cc2nc(-c3cccc(Cl)c3Cl)no2)CC1. The third-order valence-electron chi connectivity index (χ3n) is 5.80. The van der Waals surface area contributed by atoms with Crippen molar-refractivity contribution >= 4 is 40.6 Å². The van der Waals surface area contributed by atoms with E-state index < -0.39 is 0 Å². The molecule has 1 atom stereocenters. The second kappa shape index (κ2) is 9.65. The van der Waals surface area contributed by atoms with Crippen LogP contribution in [0.2, 0.25) is 10.0 Å². The number of thiophene rings is 1. The Morgan fingerprint density at radius 3 is 2.63 bits per heavy atom. The van der Waals surface area contributed by atoms with Gasteiger partial charge in [0.15, 0.2) is 0 Å². The number of hydrogen-bond acceptors (Lipinski definition) is 5. The lowest BCUT2D eigenvalue weighted by molar-refractivity contribution is 0.162. The molecule has 2 aromatic heterocycles. The summed E-state index contributed by atoms with van der Waals surface area (Å²) >= 11 is 14.2. The fourth-order valence-electron chi connectivity index (χ4n) is 4.33. The van der Waals surface area contributed by atoms with Gasteiger partial charge < -0.3 is 9.42 Å². The van der Waals surface area contributed by atoms with Crippen molar-refractivity contribution in [3.05, 3.63) is 62.6 Å². The van der Waals surface area contributed by atoms with E-state index >= 15 is 0 Å². The standard InChI is InChI=1S/C23H25Cl2N3OS/c1-28(2)22(19-7-4-14-30-19)16-11-8-15(9-12-16)10-13-20-26-23(27-29-20)17-5-3-6-18(24)21(17)25/h3-7,10,13-16,22H,8-9,11-12H2,1-2H3. The van der Waals surface area contributed by atoms with Crippen molar-refractivity contribution in [3.8, 4) is 11.4 Å². The van der Waals surface area contributed by atoms with Crippen molar-refractivity contribution in [3.63, 3.8) is 0 Å². The lowest BCUT2D eigenvalue weighted by Gasteiger charge is -2.36. The van der Waals surface area contributed by atoms with E-state index in [0.717, 1.165) is 0 Å². The molecular formula is C23H25Cl2N3OS. The average Bonchev–Trinajstić information content (AvgIpc) is 3.42. The monoisotopic (exact) mass is 461 g/mol. The smallest absolute Gasteiger partial charge is 0.250 e. The van der Waals surface area contributed by atoms with Crippen LogP contribution in [0.25, 0.3) is 17.5 Å². The van der Waals surface area contributed by atoms with E-state index in [4.69, 9.17) is 27.7 Å². The van der Waals surface area contributed by atoms with Gasteiger partial charge in [0.2, 0.25) is 5.82 Å². The maximum atomic E-state index is 6.26. The van der Waals surface area contributed by atoms with Crippen molar-refractivity contribution in [1.29, 1.82) is 0 Å². The molecule has 0 radical (unpaired) electrons. The molecule has 2 heterocycles. The fraction of sp³-hybridized carbons (Fsp3) is 0.391. The van der Waals surface area contributed by atoms with Crippen molar-refractivity contribution in [1.82, 2.24) is 15.0 Å². The molecule has 1 saturated carbocycles. The maximum Gasteiger partial charge on any atom is 0.250 e. The molecule has 4 nitrogen and oxygen atoms in total. The number of halogens is 2. The number of hydrogen-bond donors (Lipinski definition) is 0. The van der Waals surface area contributed by atoms with Crippen molar-refractivity contribution in [2.75, 3.05) is 14.1 Å². The van der Waals surface area contributed by atoms with Crippen molar-refractivity contribution < 1.29 is 4.52 Å². The van der Waals surface area contributed by atoms with E-state index in [0.29, 0.717) is 45.2 Å². The number of nitrogens with zero attached hydrogens (tertiary/aromatic N) is 3. The van der Waals surface area contributed by atoms with E-state index in [1.807, 2.05) is 29.5 Å². The highest BCUT2D eigenvalue weighted by molar-refractivity contribution is 7.10. The molecule has 4 rings (SSSR count). The molecule has 0 N–H and O–H groups in total. The Bertz CT molecular complexity index is 992. The summed E-state index contributed by atoms with van der Waals surface area (Å²) in [6.07, 6.45) is 8.95. The molecule has 158 valence electrons. The van der Waals surface area contributed by atoms with Crippen LogP contribution >= 0.6 is 34.5 Å². The van der Waals surface area contributed by atoms with Crippen LogP contribution in [-0.4, -0.2) is 29.1 Å². The average molecular weight is 462 g/mol. The minimum Gasteiger partial charge on any atom is -0.334 e. The summed E-state index contributed by atoms with van der Waals surface area (Å²) in [6, 6.07) is 10.3. The molecule has 3 aromatic rings. The molecule has 0 aliphatic heterocycles. The predicted octanol–water partition coefficient (Wildman–Crippen LogP) is 7.23. The maximum absolute atomic E-state index is 6.26. The number of benzene rings is 1. The Morgan fingerprint density at radius 1 is 1.13 bits per heavy atom. The normalized spacial score (nSPS) is 20.8. The molecular weight excluding hydrogens is 437 g/mol. The lowest BCUT2D eigenvalue weighted by atomic mass is 9.77. The van der Waals surface area contributed by atoms with Gasteiger partial charge in [-0.25, -0.2) is 0 Å². The van der Waals surface area contributed by atoms with Gasteiger partial charge in [0, 0.05) is 16.5 Å². The Kier molecular flexibility index (Phi) is 6.94. The molecule has 0 bridgehead atoms. The Labute approximate surface area is 191 Å². The van der Waals surface area contributed by atoms with E-state index in [9.17, 15) is 0 Å². The summed E-state index contributed by atoms with van der Waals surface area (Å²) < 4.78 is 5.39. The lowest BCUT2D eigenvalue weighted by Crippen LogP contribution is -2.29. The number of allylic oxidation sites excluding steroid dienone is 1. The van der Waals surface area contributed by atoms with Crippen LogP contribution in [0.3, 0.4) is 0 Å². The molecule has 0 amide bonds. The summed E-state index contributed by atoms with van der Waals surface area (Å²) in [5, 5.41) is 7.14. The van der Waals surface area contributed by atoms with Crippen LogP contribution in [0.5, 0.6) is 0 Å². The first kappa shape index (κ1) is 21.6. The zero-order chi connectivity index (χ0) is 21.1. The third-order valence-corrected chi connectivity index (χ3v) is 7.56. The minimum atomic E-state index is 0.440. The minimum absolute atomic E-state index is 0.440. The fourth-order valence-corrected chi connectivity index (χ4v) is 5.73. The zero-order valence-corrected chi connectivity index (χ0v) is 19.4. The molecule has 1 aliphatic carbocycles. The molecule has 1 fully saturated rings. The highest BCUT2D eigenvalue weighted by atomic mass is 35.5. The van der Waals surface area contributed by atoms with Crippen molar-refractivity contribution in [2.24, 2.45) is 11.8 Å². The number of aromatic nitrogens is 2. The van der Waals surface area contributed by atoms with Gasteiger partial charge in [0.05, 0.1) is 10.0 Å². The first-order valence-corrected chi connectivity index (χ1v) is 11.8. The van der Waals surface area contributed by atoms with Gasteiger partial charge >= 0.3 is 0 Å². The van der Waals surface area contributed by atoms with Gasteiger partial charge in [0.25, 0.3) is 5.89 Å². The van der Waals surface area contributed by atoms with Gasteiger partial charge in [-0.15, -0.1) is 11.3 Å². The summed E-state index contributed by atoms with van der Waals surface area (Å²) in [7, 11) is 4.38. The van der Waals surface area contributed by atoms with Crippen LogP contribution in [0.4, 0.5) is 0 Å². The highest BCUT2D eigenvalue weighted by Gasteiger charge is 2.29. The summed E-state index contributed by atoms with van der Waals surface area (Å²) in [6.45, 7) is 0. The molecule has 7 heteroatoms. The molecule has 1 aliphatic rings. The van der Waals surface area contributed by atoms with Crippen molar-refractivity contribution in [2.45, 2.75) is 31.7 Å². The molecule has 0 saturated heterocycles. The van der Waals surface area contributed by atoms with E-state index in [2.05, 4.69) is 52.7 Å². The largest absolute Gasteiger partial charge is 0.334 e. The van der Waals surface area contributed by atoms with Gasteiger partial charge in [0.1, 0.15) is 0 Å². The van der Waals surface area contributed by atoms with Crippen LogP contribution < -0.4 is 0 Å². The zero-order valence-electron chi connectivity index (χ0n) is 17.1. The Hall–Kier alpha value is -1.66. The Morgan fingerprint density at radius 2 is 1.93 bits per heavy atom. The molecule has 0 spiro atoms. The molecule has 30 heavy (non-hydrogen) atoms. The summed E-state index contributed by atoms with van der Waals surface area (Å²) in [4.78, 5) is 8.29. The predicted molar refractivity (Wildman–Crippen MR) is 125 cm³/mol. The third kappa shape index (κ3) is 4.80. The van der Waals surface area contributed by atoms with Gasteiger partial charge in [-0.3, -0.25) is 0 Å². The molecule has 1 unspecified atom stereocenters. The number of rotatable bonds is 6. The van der Waals surface area contributed by atoms with Crippen LogP contribution in [0.1, 0.15) is 42.5 Å². The molecule has 1 aromatic carbocycles. The van der Waals surface area contributed by atoms with Crippen LogP contribution in [0.15, 0.2) is 46.3 Å². The second-order valence-corrected chi connectivity index (χ2v) is 9.78. The first-order chi connectivity index (χ1) is 14.5. The van der Waals surface area contributed by atoms with Gasteiger partial charge in [-0.1, -0.05) is 46.6 Å². The van der Waals surface area contributed by atoms with E-state index in [1.54, 1.807) is 6.07 Å². The second-order valence-electron chi connectivity index (χ2n) is 8.02. The van der Waals surface area contributed by atoms with Crippen LogP contribution in [0, 0.1) is 11.8 Å². The van der Waals surface area contributed by atoms with Gasteiger partial charge in [-0.05, 0) is 81.3 Å². The summed E-state index contributed by atoms with van der Waals surface area (Å²) in [5.74, 6) is 2.18. The van der Waals surface area contributed by atoms with Gasteiger partial charge in [-0.2, -0.15) is 4.98 Å². The quantitative estimate of drug-likeness (QED) is 0.388.